The number of thiazole rings is 1. The van der Waals surface area contributed by atoms with Crippen molar-refractivity contribution >= 4 is 38.5 Å². The van der Waals surface area contributed by atoms with E-state index in [9.17, 15) is 22.8 Å². The molecule has 3 rings (SSSR count). The molecule has 1 heterocycles. The first-order chi connectivity index (χ1) is 14.7. The number of amides is 2. The second-order valence-electron chi connectivity index (χ2n) is 6.44. The van der Waals surface area contributed by atoms with Crippen molar-refractivity contribution in [3.05, 3.63) is 54.1 Å². The van der Waals surface area contributed by atoms with Crippen molar-refractivity contribution in [2.45, 2.75) is 25.9 Å². The summed E-state index contributed by atoms with van der Waals surface area (Å²) in [5.41, 5.74) is 1.30. The van der Waals surface area contributed by atoms with Crippen molar-refractivity contribution in [2.75, 3.05) is 11.9 Å². The predicted octanol–water partition coefficient (Wildman–Crippen LogP) is 3.85. The zero-order chi connectivity index (χ0) is 22.4. The number of ether oxygens (including phenoxy) is 2. The van der Waals surface area contributed by atoms with Gasteiger partial charge in [0.05, 0.1) is 23.4 Å². The monoisotopic (exact) mass is 453 g/mol. The minimum absolute atomic E-state index is 0.0746. The SMILES string of the molecule is CC(=O)NC(COCc1ccccc1)C(=O)Nc1nc2ccc(OC(F)(F)F)cc2s1. The molecule has 0 saturated heterocycles. The number of alkyl halides is 3. The highest BCUT2D eigenvalue weighted by Gasteiger charge is 2.31. The predicted molar refractivity (Wildman–Crippen MR) is 109 cm³/mol. The van der Waals surface area contributed by atoms with Gasteiger partial charge in [-0.2, -0.15) is 0 Å². The van der Waals surface area contributed by atoms with Crippen LogP contribution in [0.2, 0.25) is 0 Å². The van der Waals surface area contributed by atoms with Crippen molar-refractivity contribution in [2.24, 2.45) is 0 Å². The number of nitrogens with one attached hydrogen (secondary N) is 2. The van der Waals surface area contributed by atoms with Gasteiger partial charge in [-0.05, 0) is 17.7 Å². The van der Waals surface area contributed by atoms with Crippen LogP contribution in [0.4, 0.5) is 18.3 Å². The zero-order valence-electron chi connectivity index (χ0n) is 16.2. The van der Waals surface area contributed by atoms with Gasteiger partial charge >= 0.3 is 6.36 Å². The Morgan fingerprint density at radius 3 is 2.58 bits per heavy atom. The number of aromatic nitrogens is 1. The maximum absolute atomic E-state index is 12.6. The van der Waals surface area contributed by atoms with Crippen molar-refractivity contribution in [1.82, 2.24) is 10.3 Å². The standard InChI is InChI=1S/C20H18F3N3O4S/c1-12(27)24-16(11-29-10-13-5-3-2-4-6-13)18(28)26-19-25-15-8-7-14(9-17(15)31-19)30-20(21,22)23/h2-9,16H,10-11H2,1H3,(H,24,27)(H,25,26,28). The smallest absolute Gasteiger partial charge is 0.406 e. The van der Waals surface area contributed by atoms with Crippen LogP contribution >= 0.6 is 11.3 Å². The molecule has 1 atom stereocenters. The second-order valence-corrected chi connectivity index (χ2v) is 7.47. The van der Waals surface area contributed by atoms with Crippen molar-refractivity contribution in [3.63, 3.8) is 0 Å². The number of hydrogen-bond acceptors (Lipinski definition) is 6. The second kappa shape index (κ2) is 9.75. The van der Waals surface area contributed by atoms with Gasteiger partial charge in [0.25, 0.3) is 5.91 Å². The number of halogens is 3. The Hall–Kier alpha value is -3.18. The van der Waals surface area contributed by atoms with E-state index in [1.54, 1.807) is 0 Å². The van der Waals surface area contributed by atoms with Crippen LogP contribution < -0.4 is 15.4 Å². The number of nitrogens with zero attached hydrogens (tertiary/aromatic N) is 1. The Labute approximate surface area is 179 Å². The molecule has 1 aromatic heterocycles. The number of fused-ring (bicyclic) bond motifs is 1. The van der Waals surface area contributed by atoms with E-state index in [0.717, 1.165) is 23.0 Å². The van der Waals surface area contributed by atoms with Gasteiger partial charge in [-0.15, -0.1) is 13.2 Å². The molecule has 31 heavy (non-hydrogen) atoms. The normalized spacial score (nSPS) is 12.4. The van der Waals surface area contributed by atoms with Crippen molar-refractivity contribution in [3.8, 4) is 5.75 Å². The largest absolute Gasteiger partial charge is 0.573 e. The summed E-state index contributed by atoms with van der Waals surface area (Å²) in [7, 11) is 0. The summed E-state index contributed by atoms with van der Waals surface area (Å²) in [6.45, 7) is 1.46. The van der Waals surface area contributed by atoms with Gasteiger partial charge in [-0.25, -0.2) is 4.98 Å². The van der Waals surface area contributed by atoms with E-state index in [0.29, 0.717) is 10.2 Å². The lowest BCUT2D eigenvalue weighted by molar-refractivity contribution is -0.274. The van der Waals surface area contributed by atoms with E-state index < -0.39 is 24.2 Å². The van der Waals surface area contributed by atoms with Gasteiger partial charge in [0.1, 0.15) is 11.8 Å². The van der Waals surface area contributed by atoms with E-state index >= 15 is 0 Å². The van der Waals surface area contributed by atoms with Crippen LogP contribution in [-0.2, 0) is 20.9 Å². The van der Waals surface area contributed by atoms with Crippen LogP contribution in [0.1, 0.15) is 12.5 Å². The van der Waals surface area contributed by atoms with Crippen molar-refractivity contribution < 1.29 is 32.2 Å². The summed E-state index contributed by atoms with van der Waals surface area (Å²) >= 11 is 0.979. The summed E-state index contributed by atoms with van der Waals surface area (Å²) in [6, 6.07) is 12.0. The number of anilines is 1. The molecule has 2 aromatic carbocycles. The molecule has 1 unspecified atom stereocenters. The first kappa shape index (κ1) is 22.5. The summed E-state index contributed by atoms with van der Waals surface area (Å²) in [4.78, 5) is 28.3. The van der Waals surface area contributed by atoms with Gasteiger partial charge in [0.2, 0.25) is 5.91 Å². The first-order valence-corrected chi connectivity index (χ1v) is 9.87. The van der Waals surface area contributed by atoms with Crippen molar-refractivity contribution in [1.29, 1.82) is 0 Å². The van der Waals surface area contributed by atoms with E-state index in [-0.39, 0.29) is 24.1 Å². The minimum atomic E-state index is -4.80. The maximum Gasteiger partial charge on any atom is 0.573 e. The molecular weight excluding hydrogens is 435 g/mol. The van der Waals surface area contributed by atoms with Gasteiger partial charge in [-0.3, -0.25) is 9.59 Å². The highest BCUT2D eigenvalue weighted by Crippen LogP contribution is 2.31. The Bertz CT molecular complexity index is 1060. The third-order valence-electron chi connectivity index (χ3n) is 3.91. The summed E-state index contributed by atoms with van der Waals surface area (Å²) < 4.78 is 47.0. The molecule has 11 heteroatoms. The fourth-order valence-corrected chi connectivity index (χ4v) is 3.54. The molecule has 0 aliphatic carbocycles. The van der Waals surface area contributed by atoms with Gasteiger partial charge < -0.3 is 20.1 Å². The molecule has 0 aliphatic heterocycles. The van der Waals surface area contributed by atoms with Crippen LogP contribution in [0.25, 0.3) is 10.2 Å². The van der Waals surface area contributed by atoms with E-state index in [1.165, 1.54) is 19.1 Å². The molecule has 0 saturated carbocycles. The summed E-state index contributed by atoms with van der Waals surface area (Å²) in [5, 5.41) is 5.24. The Morgan fingerprint density at radius 1 is 1.16 bits per heavy atom. The minimum Gasteiger partial charge on any atom is -0.406 e. The zero-order valence-corrected chi connectivity index (χ0v) is 17.0. The average molecular weight is 453 g/mol. The summed E-state index contributed by atoms with van der Waals surface area (Å²) in [6.07, 6.45) is -4.80. The molecule has 0 radical (unpaired) electrons. The number of carbonyl (C=O) groups is 2. The molecule has 0 bridgehead atoms. The van der Waals surface area contributed by atoms with Crippen LogP contribution in [0, 0.1) is 0 Å². The lowest BCUT2D eigenvalue weighted by Gasteiger charge is -2.17. The number of carbonyl (C=O) groups excluding carboxylic acids is 2. The topological polar surface area (TPSA) is 89.5 Å². The van der Waals surface area contributed by atoms with Crippen LogP contribution in [0.3, 0.4) is 0 Å². The highest BCUT2D eigenvalue weighted by atomic mass is 32.1. The Kier molecular flexibility index (Phi) is 7.08. The van der Waals surface area contributed by atoms with E-state index in [4.69, 9.17) is 4.74 Å². The molecule has 7 nitrogen and oxygen atoms in total. The number of hydrogen-bond donors (Lipinski definition) is 2. The third-order valence-corrected chi connectivity index (χ3v) is 4.85. The highest BCUT2D eigenvalue weighted by molar-refractivity contribution is 7.22. The average Bonchev–Trinajstić information content (AvgIpc) is 3.08. The molecular formula is C20H18F3N3O4S. The number of rotatable bonds is 8. The molecule has 0 spiro atoms. The van der Waals surface area contributed by atoms with Gasteiger partial charge in [-0.1, -0.05) is 41.7 Å². The lowest BCUT2D eigenvalue weighted by atomic mass is 10.2. The van der Waals surface area contributed by atoms with Crippen LogP contribution in [-0.4, -0.2) is 35.8 Å². The Balaban J connectivity index is 1.65. The fourth-order valence-electron chi connectivity index (χ4n) is 2.65. The van der Waals surface area contributed by atoms with E-state index in [2.05, 4.69) is 20.4 Å². The summed E-state index contributed by atoms with van der Waals surface area (Å²) in [5.74, 6) is -1.36. The lowest BCUT2D eigenvalue weighted by Crippen LogP contribution is -2.46. The number of benzene rings is 2. The first-order valence-electron chi connectivity index (χ1n) is 9.05. The quantitative estimate of drug-likeness (QED) is 0.541. The molecule has 164 valence electrons. The van der Waals surface area contributed by atoms with Gasteiger partial charge in [0, 0.05) is 13.0 Å². The van der Waals surface area contributed by atoms with Gasteiger partial charge in [0.15, 0.2) is 5.13 Å². The van der Waals surface area contributed by atoms with Crippen LogP contribution in [0.5, 0.6) is 5.75 Å². The Morgan fingerprint density at radius 2 is 1.90 bits per heavy atom. The molecule has 3 aromatic rings. The third kappa shape index (κ3) is 6.93. The maximum atomic E-state index is 12.6. The molecule has 2 N–H and O–H groups in total. The molecule has 0 fully saturated rings. The molecule has 0 aliphatic rings. The molecule has 2 amide bonds. The fraction of sp³-hybridized carbons (Fsp3) is 0.250. The van der Waals surface area contributed by atoms with Crippen LogP contribution in [0.15, 0.2) is 48.5 Å². The van der Waals surface area contributed by atoms with E-state index in [1.807, 2.05) is 30.3 Å².